The summed E-state index contributed by atoms with van der Waals surface area (Å²) in [7, 11) is 0. The highest BCUT2D eigenvalue weighted by Gasteiger charge is 2.38. The fourth-order valence-corrected chi connectivity index (χ4v) is 5.24. The van der Waals surface area contributed by atoms with E-state index in [9.17, 15) is 23.3 Å². The minimum absolute atomic E-state index is 0.0259. The number of anilines is 2. The van der Waals surface area contributed by atoms with Crippen LogP contribution >= 0.6 is 0 Å². The van der Waals surface area contributed by atoms with Crippen LogP contribution in [0.5, 0.6) is 5.88 Å². The minimum atomic E-state index is -4.80. The molecule has 0 unspecified atom stereocenters. The van der Waals surface area contributed by atoms with Gasteiger partial charge in [-0.05, 0) is 49.3 Å². The molecule has 2 heterocycles. The molecule has 2 aromatic rings. The number of hydrogen-bond donors (Lipinski definition) is 1. The zero-order chi connectivity index (χ0) is 27.5. The van der Waals surface area contributed by atoms with E-state index in [1.165, 1.54) is 6.07 Å². The van der Waals surface area contributed by atoms with Crippen LogP contribution < -0.4 is 15.0 Å². The van der Waals surface area contributed by atoms with Gasteiger partial charge in [-0.15, -0.1) is 0 Å². The van der Waals surface area contributed by atoms with Crippen LogP contribution in [0.4, 0.5) is 30.2 Å². The van der Waals surface area contributed by atoms with Crippen LogP contribution in [-0.4, -0.2) is 59.7 Å². The molecule has 38 heavy (non-hydrogen) atoms. The lowest BCUT2D eigenvalue weighted by Crippen LogP contribution is -2.48. The van der Waals surface area contributed by atoms with Crippen LogP contribution in [0.15, 0.2) is 36.5 Å². The van der Waals surface area contributed by atoms with Crippen LogP contribution in [0.2, 0.25) is 0 Å². The number of benzene rings is 1. The predicted molar refractivity (Wildman–Crippen MR) is 141 cm³/mol. The van der Waals surface area contributed by atoms with Gasteiger partial charge in [0.2, 0.25) is 5.88 Å². The van der Waals surface area contributed by atoms with Crippen LogP contribution in [0.25, 0.3) is 0 Å². The number of nitro benzene ring substituents is 1. The second kappa shape index (κ2) is 11.3. The molecule has 0 atom stereocenters. The summed E-state index contributed by atoms with van der Waals surface area (Å²) in [6.07, 6.45) is -0.180. The molecule has 11 heteroatoms. The quantitative estimate of drug-likeness (QED) is 0.345. The Hall–Kier alpha value is -3.08. The molecule has 1 aromatic carbocycles. The third kappa shape index (κ3) is 7.49. The number of nitro groups is 1. The topological polar surface area (TPSA) is 83.8 Å². The van der Waals surface area contributed by atoms with Crippen LogP contribution in [0.3, 0.4) is 0 Å². The number of rotatable bonds is 7. The van der Waals surface area contributed by atoms with Gasteiger partial charge >= 0.3 is 6.18 Å². The van der Waals surface area contributed by atoms with Gasteiger partial charge in [0, 0.05) is 68.5 Å². The number of nitrogens with zero attached hydrogens (tertiary/aromatic N) is 4. The van der Waals surface area contributed by atoms with Crippen molar-refractivity contribution in [2.75, 3.05) is 42.9 Å². The van der Waals surface area contributed by atoms with Gasteiger partial charge in [0.15, 0.2) is 0 Å². The highest BCUT2D eigenvalue weighted by Crippen LogP contribution is 2.38. The number of aromatic nitrogens is 1. The number of hydrogen-bond acceptors (Lipinski definition) is 7. The molecule has 2 aliphatic rings. The Morgan fingerprint density at radius 2 is 1.74 bits per heavy atom. The smallest absolute Gasteiger partial charge is 0.423 e. The summed E-state index contributed by atoms with van der Waals surface area (Å²) in [6, 6.07) is 7.00. The minimum Gasteiger partial charge on any atom is -0.474 e. The Labute approximate surface area is 221 Å². The molecule has 4 rings (SSSR count). The van der Waals surface area contributed by atoms with Gasteiger partial charge < -0.3 is 15.0 Å². The first-order valence-corrected chi connectivity index (χ1v) is 13.1. The molecular formula is C27H36F3N5O3. The van der Waals surface area contributed by atoms with Gasteiger partial charge in [-0.3, -0.25) is 15.0 Å². The molecule has 0 amide bonds. The second-order valence-corrected chi connectivity index (χ2v) is 11.4. The van der Waals surface area contributed by atoms with Crippen molar-refractivity contribution in [3.63, 3.8) is 0 Å². The van der Waals surface area contributed by atoms with E-state index in [4.69, 9.17) is 4.74 Å². The van der Waals surface area contributed by atoms with Crippen molar-refractivity contribution in [3.8, 4) is 5.88 Å². The first kappa shape index (κ1) is 27.9. The van der Waals surface area contributed by atoms with E-state index < -0.39 is 22.4 Å². The Balaban J connectivity index is 1.28. The van der Waals surface area contributed by atoms with Crippen molar-refractivity contribution in [3.05, 3.63) is 52.2 Å². The van der Waals surface area contributed by atoms with E-state index in [-0.39, 0.29) is 23.2 Å². The molecular weight excluding hydrogens is 499 g/mol. The first-order valence-electron chi connectivity index (χ1n) is 13.1. The summed E-state index contributed by atoms with van der Waals surface area (Å²) in [6.45, 7) is 11.8. The number of alkyl halides is 3. The first-order chi connectivity index (χ1) is 17.9. The Bertz CT molecular complexity index is 1110. The summed E-state index contributed by atoms with van der Waals surface area (Å²) in [5.74, 6) is 0.584. The van der Waals surface area contributed by atoms with Crippen molar-refractivity contribution >= 4 is 17.1 Å². The SMILES string of the molecule is CC(C)(C)CN1CCN(c2ccnc(O[C@H]3CC[C@H](Nc4ccc([N+](=O)[O-])c(C(F)(F)F)c4)CC3)c2)CC1. The number of ether oxygens (including phenoxy) is 1. The predicted octanol–water partition coefficient (Wildman–Crippen LogP) is 5.98. The normalized spacial score (nSPS) is 21.3. The monoisotopic (exact) mass is 535 g/mol. The summed E-state index contributed by atoms with van der Waals surface area (Å²) >= 11 is 0. The van der Waals surface area contributed by atoms with Gasteiger partial charge in [0.1, 0.15) is 11.7 Å². The molecule has 2 fully saturated rings. The van der Waals surface area contributed by atoms with Gasteiger partial charge in [-0.2, -0.15) is 13.2 Å². The molecule has 208 valence electrons. The molecule has 1 aliphatic carbocycles. The van der Waals surface area contributed by atoms with Crippen molar-refractivity contribution in [1.29, 1.82) is 0 Å². The largest absolute Gasteiger partial charge is 0.474 e. The van der Waals surface area contributed by atoms with Gasteiger partial charge in [-0.25, -0.2) is 4.98 Å². The fraction of sp³-hybridized carbons (Fsp3) is 0.593. The Morgan fingerprint density at radius 1 is 1.05 bits per heavy atom. The standard InChI is InChI=1S/C27H36F3N5O3/c1-26(2,3)18-33-12-14-34(15-13-33)21-10-11-31-25(17-21)38-22-7-4-19(5-8-22)32-20-6-9-24(35(36)37)23(16-20)27(28,29)30/h6,9-11,16-17,19,22,32H,4-5,7-8,12-15,18H2,1-3H3/t19-,22-. The van der Waals surface area contributed by atoms with E-state index in [0.29, 0.717) is 18.7 Å². The average molecular weight is 536 g/mol. The second-order valence-electron chi connectivity index (χ2n) is 11.4. The lowest BCUT2D eigenvalue weighted by Gasteiger charge is -2.39. The Kier molecular flexibility index (Phi) is 8.34. The van der Waals surface area contributed by atoms with Gasteiger partial charge in [0.05, 0.1) is 4.92 Å². The van der Waals surface area contributed by atoms with Crippen molar-refractivity contribution in [2.45, 2.75) is 64.8 Å². The molecule has 1 aliphatic heterocycles. The van der Waals surface area contributed by atoms with Crippen molar-refractivity contribution < 1.29 is 22.8 Å². The molecule has 1 N–H and O–H groups in total. The van der Waals surface area contributed by atoms with E-state index in [1.54, 1.807) is 6.20 Å². The van der Waals surface area contributed by atoms with Gasteiger partial charge in [-0.1, -0.05) is 20.8 Å². The lowest BCUT2D eigenvalue weighted by molar-refractivity contribution is -0.388. The number of halogens is 3. The number of nitrogens with one attached hydrogen (secondary N) is 1. The molecule has 0 spiro atoms. The van der Waals surface area contributed by atoms with Crippen molar-refractivity contribution in [2.24, 2.45) is 5.41 Å². The maximum atomic E-state index is 13.3. The molecule has 1 aromatic heterocycles. The molecule has 8 nitrogen and oxygen atoms in total. The maximum Gasteiger partial charge on any atom is 0.423 e. The highest BCUT2D eigenvalue weighted by atomic mass is 19.4. The maximum absolute atomic E-state index is 13.3. The van der Waals surface area contributed by atoms with Gasteiger partial charge in [0.25, 0.3) is 5.69 Å². The van der Waals surface area contributed by atoms with E-state index in [0.717, 1.165) is 63.4 Å². The lowest BCUT2D eigenvalue weighted by atomic mass is 9.92. The van der Waals surface area contributed by atoms with Crippen LogP contribution in [0.1, 0.15) is 52.0 Å². The Morgan fingerprint density at radius 3 is 2.34 bits per heavy atom. The highest BCUT2D eigenvalue weighted by molar-refractivity contribution is 5.55. The van der Waals surface area contributed by atoms with Crippen LogP contribution in [-0.2, 0) is 6.18 Å². The van der Waals surface area contributed by atoms with E-state index >= 15 is 0 Å². The third-order valence-corrected chi connectivity index (χ3v) is 6.98. The third-order valence-electron chi connectivity index (χ3n) is 6.98. The van der Waals surface area contributed by atoms with E-state index in [1.807, 2.05) is 12.1 Å². The molecule has 1 saturated carbocycles. The summed E-state index contributed by atoms with van der Waals surface area (Å²) in [5.41, 5.74) is -0.584. The number of pyridine rings is 1. The van der Waals surface area contributed by atoms with Crippen molar-refractivity contribution in [1.82, 2.24) is 9.88 Å². The zero-order valence-electron chi connectivity index (χ0n) is 22.1. The molecule has 1 saturated heterocycles. The molecule has 0 radical (unpaired) electrons. The van der Waals surface area contributed by atoms with E-state index in [2.05, 4.69) is 40.9 Å². The molecule has 0 bridgehead atoms. The zero-order valence-corrected chi connectivity index (χ0v) is 22.1. The number of piperazine rings is 1. The van der Waals surface area contributed by atoms with Crippen LogP contribution in [0, 0.1) is 15.5 Å². The summed E-state index contributed by atoms with van der Waals surface area (Å²) in [4.78, 5) is 19.2. The average Bonchev–Trinajstić information content (AvgIpc) is 2.84. The fourth-order valence-electron chi connectivity index (χ4n) is 5.24. The summed E-state index contributed by atoms with van der Waals surface area (Å²) in [5, 5.41) is 14.1. The summed E-state index contributed by atoms with van der Waals surface area (Å²) < 4.78 is 46.0.